The average Bonchev–Trinajstić information content (AvgIpc) is 2.51. The summed E-state index contributed by atoms with van der Waals surface area (Å²) < 4.78 is 4.92. The molecule has 1 rings (SSSR count). The molecule has 24 heavy (non-hydrogen) atoms. The smallest absolute Gasteiger partial charge is 0.338 e. The highest BCUT2D eigenvalue weighted by Gasteiger charge is 2.20. The number of carbonyl (C=O) groups is 2. The van der Waals surface area contributed by atoms with Crippen molar-refractivity contribution in [2.75, 3.05) is 25.6 Å². The Kier molecular flexibility index (Phi) is 6.69. The number of hydrogen-bond donors (Lipinski definition) is 1. The van der Waals surface area contributed by atoms with Gasteiger partial charge in [-0.3, -0.25) is 14.9 Å². The number of nitro benzene ring substituents is 1. The first kappa shape index (κ1) is 19.4. The van der Waals surface area contributed by atoms with E-state index in [1.165, 1.54) is 12.1 Å². The summed E-state index contributed by atoms with van der Waals surface area (Å²) in [5, 5.41) is 13.8. The van der Waals surface area contributed by atoms with E-state index in [9.17, 15) is 19.7 Å². The Morgan fingerprint density at radius 3 is 2.42 bits per heavy atom. The molecule has 8 heteroatoms. The first-order chi connectivity index (χ1) is 11.1. The second kappa shape index (κ2) is 8.28. The minimum Gasteiger partial charge on any atom is -0.452 e. The molecule has 8 nitrogen and oxygen atoms in total. The molecule has 0 unspecified atom stereocenters. The molecule has 0 aromatic heterocycles. The number of hydrogen-bond acceptors (Lipinski definition) is 6. The molecule has 0 fully saturated rings. The van der Waals surface area contributed by atoms with E-state index in [1.54, 1.807) is 19.0 Å². The normalized spacial score (nSPS) is 11.8. The molecule has 1 aromatic carbocycles. The fraction of sp³-hybridized carbons (Fsp3) is 0.500. The Bertz CT molecular complexity index is 628. The number of anilines is 1. The van der Waals surface area contributed by atoms with E-state index in [2.05, 4.69) is 5.32 Å². The van der Waals surface area contributed by atoms with Crippen LogP contribution in [-0.2, 0) is 9.53 Å². The van der Waals surface area contributed by atoms with Gasteiger partial charge in [-0.1, -0.05) is 13.8 Å². The molecular weight excluding hydrogens is 314 g/mol. The van der Waals surface area contributed by atoms with Crippen molar-refractivity contribution in [2.24, 2.45) is 5.92 Å². The summed E-state index contributed by atoms with van der Waals surface area (Å²) in [6.07, 6.45) is 0. The maximum Gasteiger partial charge on any atom is 0.338 e. The maximum absolute atomic E-state index is 12.0. The third-order valence-corrected chi connectivity index (χ3v) is 3.61. The monoisotopic (exact) mass is 337 g/mol. The molecule has 1 atom stereocenters. The van der Waals surface area contributed by atoms with Crippen LogP contribution in [0.3, 0.4) is 0 Å². The van der Waals surface area contributed by atoms with Crippen molar-refractivity contribution in [3.8, 4) is 0 Å². The van der Waals surface area contributed by atoms with E-state index in [-0.39, 0.29) is 23.2 Å². The molecule has 0 aliphatic heterocycles. The molecule has 132 valence electrons. The number of rotatable bonds is 7. The highest BCUT2D eigenvalue weighted by Crippen LogP contribution is 2.27. The summed E-state index contributed by atoms with van der Waals surface area (Å²) in [5.74, 6) is -0.939. The van der Waals surface area contributed by atoms with Crippen molar-refractivity contribution < 1.29 is 19.2 Å². The molecule has 0 spiro atoms. The van der Waals surface area contributed by atoms with Gasteiger partial charge in [0, 0.05) is 26.2 Å². The molecule has 0 radical (unpaired) electrons. The molecule has 0 saturated heterocycles. The van der Waals surface area contributed by atoms with Gasteiger partial charge in [-0.25, -0.2) is 4.79 Å². The fourth-order valence-corrected chi connectivity index (χ4v) is 1.85. The molecule has 0 bridgehead atoms. The summed E-state index contributed by atoms with van der Waals surface area (Å²) in [4.78, 5) is 35.8. The van der Waals surface area contributed by atoms with Gasteiger partial charge in [0.1, 0.15) is 5.69 Å². The van der Waals surface area contributed by atoms with Crippen LogP contribution in [0.25, 0.3) is 0 Å². The van der Waals surface area contributed by atoms with Crippen molar-refractivity contribution in [3.63, 3.8) is 0 Å². The van der Waals surface area contributed by atoms with E-state index in [4.69, 9.17) is 4.74 Å². The lowest BCUT2D eigenvalue weighted by Crippen LogP contribution is -2.38. The number of ether oxygens (including phenoxy) is 1. The van der Waals surface area contributed by atoms with Crippen LogP contribution in [0.5, 0.6) is 0 Å². The number of nitro groups is 1. The van der Waals surface area contributed by atoms with Crippen LogP contribution in [0.15, 0.2) is 18.2 Å². The SMILES string of the molecule is CC(C)[C@H](C)NC(=O)COC(=O)c1ccc(N(C)C)c([N+](=O)[O-])c1. The summed E-state index contributed by atoms with van der Waals surface area (Å²) in [6, 6.07) is 4.00. The Balaban J connectivity index is 2.77. The fourth-order valence-electron chi connectivity index (χ4n) is 1.85. The molecule has 0 aliphatic carbocycles. The van der Waals surface area contributed by atoms with Crippen LogP contribution in [-0.4, -0.2) is 43.5 Å². The van der Waals surface area contributed by atoms with Crippen molar-refractivity contribution in [3.05, 3.63) is 33.9 Å². The third-order valence-electron chi connectivity index (χ3n) is 3.61. The molecule has 1 N–H and O–H groups in total. The topological polar surface area (TPSA) is 102 Å². The maximum atomic E-state index is 12.0. The zero-order valence-corrected chi connectivity index (χ0v) is 14.5. The predicted octanol–water partition coefficient (Wildman–Crippen LogP) is 1.98. The molecule has 0 saturated carbocycles. The van der Waals surface area contributed by atoms with E-state index in [0.717, 1.165) is 6.07 Å². The second-order valence-electron chi connectivity index (χ2n) is 6.03. The summed E-state index contributed by atoms with van der Waals surface area (Å²) in [7, 11) is 3.33. The van der Waals surface area contributed by atoms with E-state index in [1.807, 2.05) is 20.8 Å². The minimum absolute atomic E-state index is 0.0250. The van der Waals surface area contributed by atoms with Crippen LogP contribution >= 0.6 is 0 Å². The molecule has 0 aliphatic rings. The largest absolute Gasteiger partial charge is 0.452 e. The van der Waals surface area contributed by atoms with Crippen molar-refractivity contribution >= 4 is 23.3 Å². The van der Waals surface area contributed by atoms with Crippen LogP contribution in [0, 0.1) is 16.0 Å². The lowest BCUT2D eigenvalue weighted by molar-refractivity contribution is -0.384. The van der Waals surface area contributed by atoms with Crippen LogP contribution in [0.4, 0.5) is 11.4 Å². The van der Waals surface area contributed by atoms with Crippen molar-refractivity contribution in [1.29, 1.82) is 0 Å². The zero-order chi connectivity index (χ0) is 18.4. The molecular formula is C16H23N3O5. The first-order valence-corrected chi connectivity index (χ1v) is 7.55. The van der Waals surface area contributed by atoms with Crippen molar-refractivity contribution in [1.82, 2.24) is 5.32 Å². The van der Waals surface area contributed by atoms with Crippen molar-refractivity contribution in [2.45, 2.75) is 26.8 Å². The van der Waals surface area contributed by atoms with Crippen LogP contribution in [0.1, 0.15) is 31.1 Å². The van der Waals surface area contributed by atoms with E-state index >= 15 is 0 Å². The number of benzene rings is 1. The van der Waals surface area contributed by atoms with Gasteiger partial charge < -0.3 is 15.0 Å². The van der Waals surface area contributed by atoms with E-state index < -0.39 is 23.4 Å². The van der Waals surface area contributed by atoms with Gasteiger partial charge in [0.05, 0.1) is 10.5 Å². The number of nitrogens with zero attached hydrogens (tertiary/aromatic N) is 2. The summed E-state index contributed by atoms with van der Waals surface area (Å²) in [5.41, 5.74) is 0.199. The Morgan fingerprint density at radius 1 is 1.29 bits per heavy atom. The number of esters is 1. The highest BCUT2D eigenvalue weighted by molar-refractivity contribution is 5.93. The first-order valence-electron chi connectivity index (χ1n) is 7.55. The van der Waals surface area contributed by atoms with Gasteiger partial charge in [0.15, 0.2) is 6.61 Å². The minimum atomic E-state index is -0.782. The lowest BCUT2D eigenvalue weighted by atomic mass is 10.1. The van der Waals surface area contributed by atoms with E-state index in [0.29, 0.717) is 5.69 Å². The van der Waals surface area contributed by atoms with Crippen LogP contribution < -0.4 is 10.2 Å². The lowest BCUT2D eigenvalue weighted by Gasteiger charge is -2.17. The highest BCUT2D eigenvalue weighted by atomic mass is 16.6. The Labute approximate surface area is 140 Å². The van der Waals surface area contributed by atoms with Crippen LogP contribution in [0.2, 0.25) is 0 Å². The van der Waals surface area contributed by atoms with Gasteiger partial charge >= 0.3 is 5.97 Å². The van der Waals surface area contributed by atoms with Gasteiger partial charge in [0.25, 0.3) is 11.6 Å². The molecule has 1 aromatic rings. The number of nitrogens with one attached hydrogen (secondary N) is 1. The van der Waals surface area contributed by atoms with Gasteiger partial charge in [-0.2, -0.15) is 0 Å². The van der Waals surface area contributed by atoms with Gasteiger partial charge in [-0.15, -0.1) is 0 Å². The Hall–Kier alpha value is -2.64. The molecule has 1 amide bonds. The van der Waals surface area contributed by atoms with Gasteiger partial charge in [-0.05, 0) is 25.0 Å². The predicted molar refractivity (Wildman–Crippen MR) is 90.1 cm³/mol. The average molecular weight is 337 g/mol. The second-order valence-corrected chi connectivity index (χ2v) is 6.03. The standard InChI is InChI=1S/C16H23N3O5/c1-10(2)11(3)17-15(20)9-24-16(21)12-6-7-13(18(4)5)14(8-12)19(22)23/h6-8,10-11H,9H2,1-5H3,(H,17,20)/t11-/m0/s1. The Morgan fingerprint density at radius 2 is 1.92 bits per heavy atom. The van der Waals surface area contributed by atoms with Gasteiger partial charge in [0.2, 0.25) is 0 Å². The third kappa shape index (κ3) is 5.22. The quantitative estimate of drug-likeness (QED) is 0.464. The zero-order valence-electron chi connectivity index (χ0n) is 14.5. The molecule has 0 heterocycles. The summed E-state index contributed by atoms with van der Waals surface area (Å²) >= 11 is 0. The number of amides is 1. The number of carbonyl (C=O) groups excluding carboxylic acids is 2. The summed E-state index contributed by atoms with van der Waals surface area (Å²) in [6.45, 7) is 5.34.